The number of aliphatic hydroxyl groups excluding tert-OH is 4. The highest BCUT2D eigenvalue weighted by Crippen LogP contribution is 2.32. The van der Waals surface area contributed by atoms with Crippen molar-refractivity contribution in [1.29, 1.82) is 0 Å². The Hall–Kier alpha value is -2.62. The summed E-state index contributed by atoms with van der Waals surface area (Å²) in [6, 6.07) is -1.99. The number of nitrogens with one attached hydrogen (secondary N) is 1. The summed E-state index contributed by atoms with van der Waals surface area (Å²) in [5.41, 5.74) is -1.61. The minimum atomic E-state index is -1.77. The molecule has 3 heterocycles. The van der Waals surface area contributed by atoms with Crippen LogP contribution in [-0.4, -0.2) is 120 Å². The topological polar surface area (TPSA) is 206 Å². The summed E-state index contributed by atoms with van der Waals surface area (Å²) < 4.78 is 6.31. The molecule has 1 unspecified atom stereocenters. The van der Waals surface area contributed by atoms with E-state index >= 15 is 0 Å². The lowest BCUT2D eigenvalue weighted by Gasteiger charge is -2.34. The molecule has 2 aliphatic heterocycles. The van der Waals surface area contributed by atoms with E-state index < -0.39 is 72.0 Å². The third kappa shape index (κ3) is 4.00. The Morgan fingerprint density at radius 2 is 1.84 bits per heavy atom. The molecule has 0 saturated carbocycles. The van der Waals surface area contributed by atoms with Crippen molar-refractivity contribution in [3.63, 3.8) is 0 Å². The Bertz CT molecular complexity index is 963. The second-order valence-electron chi connectivity index (χ2n) is 7.66. The maximum atomic E-state index is 12.9. The van der Waals surface area contributed by atoms with Gasteiger partial charge in [-0.05, 0) is 7.05 Å². The Morgan fingerprint density at radius 3 is 2.42 bits per heavy atom. The van der Waals surface area contributed by atoms with Crippen molar-refractivity contribution >= 4 is 11.9 Å². The first-order valence-corrected chi connectivity index (χ1v) is 9.34. The van der Waals surface area contributed by atoms with Crippen molar-refractivity contribution in [1.82, 2.24) is 19.4 Å². The molecule has 3 rings (SSSR count). The van der Waals surface area contributed by atoms with Crippen LogP contribution in [0.25, 0.3) is 0 Å². The lowest BCUT2D eigenvalue weighted by atomic mass is 9.98. The molecule has 172 valence electrons. The highest BCUT2D eigenvalue weighted by atomic mass is 16.6. The molecular weight excluding hydrogens is 420 g/mol. The molecule has 0 bridgehead atoms. The van der Waals surface area contributed by atoms with Gasteiger partial charge in [-0.2, -0.15) is 0 Å². The maximum Gasteiger partial charge on any atom is 0.330 e. The van der Waals surface area contributed by atoms with Crippen LogP contribution in [0.4, 0.5) is 0 Å². The molecule has 1 aromatic rings. The minimum Gasteiger partial charge on any atom is -0.480 e. The zero-order chi connectivity index (χ0) is 23.2. The SMILES string of the molecule is CN1C[C@H](O)[C@@H](C(=O)O)N(C)C(=O)[C@@H]1C(O)[C@H]1O[C@@H](n2ccc(=O)[nH]c2=O)[C@H](O)[C@@H]1O. The zero-order valence-corrected chi connectivity index (χ0v) is 16.6. The van der Waals surface area contributed by atoms with Crippen LogP contribution in [-0.2, 0) is 14.3 Å². The Kier molecular flexibility index (Phi) is 6.31. The van der Waals surface area contributed by atoms with E-state index in [0.29, 0.717) is 0 Å². The van der Waals surface area contributed by atoms with Crippen molar-refractivity contribution in [2.75, 3.05) is 20.6 Å². The number of aliphatic hydroxyl groups is 4. The number of β-amino-alcohol motifs (C(OH)–C–C–N with tert-alkyl or cyclic N) is 1. The number of hydrogen-bond acceptors (Lipinski definition) is 10. The number of H-pyrrole nitrogens is 1. The molecule has 8 atom stereocenters. The van der Waals surface area contributed by atoms with Crippen LogP contribution < -0.4 is 11.2 Å². The normalized spacial score (nSPS) is 35.7. The molecule has 6 N–H and O–H groups in total. The van der Waals surface area contributed by atoms with E-state index in [2.05, 4.69) is 0 Å². The molecule has 2 aliphatic rings. The van der Waals surface area contributed by atoms with E-state index in [4.69, 9.17) is 4.74 Å². The van der Waals surface area contributed by atoms with Gasteiger partial charge in [0.05, 0.1) is 6.10 Å². The zero-order valence-electron chi connectivity index (χ0n) is 16.6. The fraction of sp³-hybridized carbons (Fsp3) is 0.647. The average Bonchev–Trinajstić information content (AvgIpc) is 2.92. The van der Waals surface area contributed by atoms with E-state index in [1.165, 1.54) is 11.9 Å². The van der Waals surface area contributed by atoms with Gasteiger partial charge in [-0.3, -0.25) is 24.0 Å². The second kappa shape index (κ2) is 8.49. The van der Waals surface area contributed by atoms with Crippen LogP contribution in [0.15, 0.2) is 21.9 Å². The van der Waals surface area contributed by atoms with Gasteiger partial charge in [0, 0.05) is 25.9 Å². The van der Waals surface area contributed by atoms with Gasteiger partial charge in [-0.25, -0.2) is 9.59 Å². The van der Waals surface area contributed by atoms with E-state index in [-0.39, 0.29) is 6.54 Å². The van der Waals surface area contributed by atoms with Crippen LogP contribution in [0, 0.1) is 0 Å². The van der Waals surface area contributed by atoms with Crippen LogP contribution in [0.2, 0.25) is 0 Å². The van der Waals surface area contributed by atoms with Gasteiger partial charge in [0.25, 0.3) is 5.56 Å². The smallest absolute Gasteiger partial charge is 0.330 e. The number of aromatic amines is 1. The number of carboxylic acid groups (broad SMARTS) is 1. The van der Waals surface area contributed by atoms with Crippen molar-refractivity contribution in [2.24, 2.45) is 0 Å². The molecule has 0 aliphatic carbocycles. The lowest BCUT2D eigenvalue weighted by molar-refractivity contribution is -0.156. The number of amides is 1. The number of carbonyl (C=O) groups excluding carboxylic acids is 1. The van der Waals surface area contributed by atoms with Gasteiger partial charge >= 0.3 is 11.7 Å². The lowest BCUT2D eigenvalue weighted by Crippen LogP contribution is -2.57. The van der Waals surface area contributed by atoms with Gasteiger partial charge in [0.15, 0.2) is 12.3 Å². The molecule has 14 nitrogen and oxygen atoms in total. The van der Waals surface area contributed by atoms with Gasteiger partial charge in [-0.1, -0.05) is 0 Å². The van der Waals surface area contributed by atoms with Crippen LogP contribution in [0.5, 0.6) is 0 Å². The molecule has 31 heavy (non-hydrogen) atoms. The number of carboxylic acids is 1. The number of hydrogen-bond donors (Lipinski definition) is 6. The molecule has 1 aromatic heterocycles. The predicted octanol–water partition coefficient (Wildman–Crippen LogP) is -4.90. The van der Waals surface area contributed by atoms with E-state index in [1.54, 1.807) is 0 Å². The number of aliphatic carboxylic acids is 1. The fourth-order valence-electron chi connectivity index (χ4n) is 4.04. The summed E-state index contributed by atoms with van der Waals surface area (Å²) in [6.45, 7) is -0.289. The Labute approximate surface area is 174 Å². The quantitative estimate of drug-likeness (QED) is 0.259. The Morgan fingerprint density at radius 1 is 1.19 bits per heavy atom. The highest BCUT2D eigenvalue weighted by molar-refractivity contribution is 5.88. The monoisotopic (exact) mass is 444 g/mol. The number of ether oxygens (including phenoxy) is 1. The third-order valence-corrected chi connectivity index (χ3v) is 5.65. The van der Waals surface area contributed by atoms with Crippen molar-refractivity contribution in [3.05, 3.63) is 33.1 Å². The average molecular weight is 444 g/mol. The summed E-state index contributed by atoms with van der Waals surface area (Å²) in [4.78, 5) is 51.6. The summed E-state index contributed by atoms with van der Waals surface area (Å²) in [5.74, 6) is -2.29. The summed E-state index contributed by atoms with van der Waals surface area (Å²) >= 11 is 0. The molecule has 0 radical (unpaired) electrons. The van der Waals surface area contributed by atoms with E-state index in [0.717, 1.165) is 28.8 Å². The van der Waals surface area contributed by atoms with E-state index in [9.17, 15) is 44.7 Å². The Balaban J connectivity index is 1.90. The summed E-state index contributed by atoms with van der Waals surface area (Å²) in [6.07, 6.45) is -8.63. The van der Waals surface area contributed by atoms with E-state index in [1.807, 2.05) is 4.98 Å². The summed E-state index contributed by atoms with van der Waals surface area (Å²) in [7, 11) is 2.53. The number of rotatable bonds is 4. The molecule has 0 spiro atoms. The standard InChI is InChI=1S/C17H24N4O10/c1-19-5-6(22)8(16(28)29)20(2)14(27)9(19)10(24)13-11(25)12(26)15(31-13)21-4-3-7(23)18-17(21)30/h3-4,6,8-13,15,22,24-26H,5H2,1-2H3,(H,28,29)(H,18,23,30)/t6-,8-,9-,10?,11-,12+,13+,15+/m0/s1. The number of likely N-dealkylation sites (N-methyl/N-ethyl adjacent to an activating group) is 2. The first-order chi connectivity index (χ1) is 14.5. The van der Waals surface area contributed by atoms with Crippen molar-refractivity contribution < 1.29 is 39.9 Å². The highest BCUT2D eigenvalue weighted by Gasteiger charge is 2.53. The number of carbonyl (C=O) groups is 2. The van der Waals surface area contributed by atoms with Crippen LogP contribution >= 0.6 is 0 Å². The molecule has 0 aromatic carbocycles. The molecule has 2 saturated heterocycles. The van der Waals surface area contributed by atoms with Crippen LogP contribution in [0.1, 0.15) is 6.23 Å². The minimum absolute atomic E-state index is 0.289. The third-order valence-electron chi connectivity index (χ3n) is 5.65. The maximum absolute atomic E-state index is 12.9. The largest absolute Gasteiger partial charge is 0.480 e. The van der Waals surface area contributed by atoms with Gasteiger partial charge in [0.1, 0.15) is 30.5 Å². The van der Waals surface area contributed by atoms with Gasteiger partial charge in [0.2, 0.25) is 5.91 Å². The van der Waals surface area contributed by atoms with Gasteiger partial charge in [-0.15, -0.1) is 0 Å². The first-order valence-electron chi connectivity index (χ1n) is 9.34. The molecule has 14 heteroatoms. The number of nitrogens with zero attached hydrogens (tertiary/aromatic N) is 3. The number of aromatic nitrogens is 2. The molecule has 2 fully saturated rings. The van der Waals surface area contributed by atoms with Crippen molar-refractivity contribution in [2.45, 2.75) is 48.8 Å². The van der Waals surface area contributed by atoms with Crippen molar-refractivity contribution in [3.8, 4) is 0 Å². The molecular formula is C17H24N4O10. The van der Waals surface area contributed by atoms with Gasteiger partial charge < -0.3 is 35.2 Å². The fourth-order valence-corrected chi connectivity index (χ4v) is 4.04. The second-order valence-corrected chi connectivity index (χ2v) is 7.66. The first kappa shape index (κ1) is 23.1. The molecule has 1 amide bonds. The predicted molar refractivity (Wildman–Crippen MR) is 99.9 cm³/mol. The summed E-state index contributed by atoms with van der Waals surface area (Å²) in [5, 5.41) is 51.2. The van der Waals surface area contributed by atoms with Crippen LogP contribution in [0.3, 0.4) is 0 Å².